The van der Waals surface area contributed by atoms with E-state index in [-0.39, 0.29) is 16.4 Å². The van der Waals surface area contributed by atoms with Gasteiger partial charge in [-0.25, -0.2) is 0 Å². The van der Waals surface area contributed by atoms with Crippen LogP contribution in [0.2, 0.25) is 5.02 Å². The molecule has 0 spiro atoms. The number of hydrogen-bond acceptors (Lipinski definition) is 5. The van der Waals surface area contributed by atoms with E-state index in [9.17, 15) is 19.7 Å². The molecule has 3 aromatic carbocycles. The highest BCUT2D eigenvalue weighted by atomic mass is 35.5. The van der Waals surface area contributed by atoms with Gasteiger partial charge in [0.25, 0.3) is 5.69 Å². The smallest absolute Gasteiger partial charge is 0.314 e. The van der Waals surface area contributed by atoms with Gasteiger partial charge in [0.1, 0.15) is 0 Å². The Labute approximate surface area is 175 Å². The van der Waals surface area contributed by atoms with Crippen molar-refractivity contribution < 1.29 is 14.5 Å². The summed E-state index contributed by atoms with van der Waals surface area (Å²) in [5, 5.41) is 15.8. The molecule has 0 radical (unpaired) electrons. The maximum absolute atomic E-state index is 12.3. The van der Waals surface area contributed by atoms with Gasteiger partial charge in [0.2, 0.25) is 0 Å². The first-order valence-corrected chi connectivity index (χ1v) is 9.51. The normalized spacial score (nSPS) is 10.2. The van der Waals surface area contributed by atoms with E-state index in [1.807, 2.05) is 42.5 Å². The number of benzene rings is 3. The fraction of sp³-hybridized carbons (Fsp3) is 0. The van der Waals surface area contributed by atoms with E-state index in [1.165, 1.54) is 23.9 Å². The van der Waals surface area contributed by atoms with Gasteiger partial charge in [-0.3, -0.25) is 19.7 Å². The van der Waals surface area contributed by atoms with Crippen LogP contribution in [-0.2, 0) is 9.59 Å². The van der Waals surface area contributed by atoms with E-state index < -0.39 is 16.7 Å². The predicted octanol–water partition coefficient (Wildman–Crippen LogP) is 4.98. The summed E-state index contributed by atoms with van der Waals surface area (Å²) in [4.78, 5) is 36.6. The minimum absolute atomic E-state index is 0.0204. The fourth-order valence-electron chi connectivity index (χ4n) is 2.36. The van der Waals surface area contributed by atoms with Crippen LogP contribution >= 0.6 is 23.4 Å². The average Bonchev–Trinajstić information content (AvgIpc) is 2.71. The number of hydrogen-bond donors (Lipinski definition) is 2. The van der Waals surface area contributed by atoms with Crippen LogP contribution in [0.3, 0.4) is 0 Å². The van der Waals surface area contributed by atoms with Crippen LogP contribution in [0.25, 0.3) is 0 Å². The van der Waals surface area contributed by atoms with Gasteiger partial charge in [0, 0.05) is 21.9 Å². The first-order valence-electron chi connectivity index (χ1n) is 8.32. The molecule has 3 aromatic rings. The Morgan fingerprint density at radius 2 is 1.48 bits per heavy atom. The lowest BCUT2D eigenvalue weighted by Gasteiger charge is -2.11. The van der Waals surface area contributed by atoms with Gasteiger partial charge in [0.15, 0.2) is 0 Å². The average molecular weight is 428 g/mol. The third-order valence-electron chi connectivity index (χ3n) is 3.72. The summed E-state index contributed by atoms with van der Waals surface area (Å²) in [6.45, 7) is 0. The van der Waals surface area contributed by atoms with Crippen LogP contribution in [0, 0.1) is 10.1 Å². The predicted molar refractivity (Wildman–Crippen MR) is 112 cm³/mol. The third-order valence-corrected chi connectivity index (χ3v) is 5.13. The van der Waals surface area contributed by atoms with Crippen LogP contribution in [0.4, 0.5) is 17.1 Å². The van der Waals surface area contributed by atoms with Crippen LogP contribution in [0.1, 0.15) is 0 Å². The molecule has 0 bridgehead atoms. The second-order valence-electron chi connectivity index (χ2n) is 5.74. The standard InChI is InChI=1S/C20H14ClN3O4S/c21-15-11-10-13(24(27)28)12-17(15)23-20(26)19(25)22-16-8-4-5-9-18(16)29-14-6-2-1-3-7-14/h1-12H,(H,22,25)(H,23,26). The number of non-ortho nitro benzene ring substituents is 1. The first kappa shape index (κ1) is 20.4. The minimum Gasteiger partial charge on any atom is -0.317 e. The lowest BCUT2D eigenvalue weighted by atomic mass is 10.2. The van der Waals surface area contributed by atoms with Gasteiger partial charge in [-0.1, -0.05) is 53.7 Å². The van der Waals surface area contributed by atoms with Crippen LogP contribution in [-0.4, -0.2) is 16.7 Å². The zero-order valence-electron chi connectivity index (χ0n) is 14.8. The number of halogens is 1. The Morgan fingerprint density at radius 3 is 2.17 bits per heavy atom. The van der Waals surface area contributed by atoms with Gasteiger partial charge >= 0.3 is 11.8 Å². The topological polar surface area (TPSA) is 101 Å². The van der Waals surface area contributed by atoms with Gasteiger partial charge in [-0.15, -0.1) is 0 Å². The molecule has 3 rings (SSSR count). The number of carbonyl (C=O) groups excluding carboxylic acids is 2. The Morgan fingerprint density at radius 1 is 0.862 bits per heavy atom. The molecule has 0 atom stereocenters. The highest BCUT2D eigenvalue weighted by molar-refractivity contribution is 7.99. The third kappa shape index (κ3) is 5.34. The van der Waals surface area contributed by atoms with Crippen molar-refractivity contribution in [2.24, 2.45) is 0 Å². The summed E-state index contributed by atoms with van der Waals surface area (Å²) in [6, 6.07) is 20.2. The molecule has 0 saturated heterocycles. The lowest BCUT2D eigenvalue weighted by Crippen LogP contribution is -2.29. The summed E-state index contributed by atoms with van der Waals surface area (Å²) < 4.78 is 0. The fourth-order valence-corrected chi connectivity index (χ4v) is 3.44. The Balaban J connectivity index is 1.73. The second-order valence-corrected chi connectivity index (χ2v) is 7.26. The molecule has 0 saturated carbocycles. The summed E-state index contributed by atoms with van der Waals surface area (Å²) in [5.74, 6) is -1.92. The molecule has 0 aromatic heterocycles. The zero-order valence-corrected chi connectivity index (χ0v) is 16.4. The molecule has 2 amide bonds. The summed E-state index contributed by atoms with van der Waals surface area (Å²) in [7, 11) is 0. The van der Waals surface area contributed by atoms with E-state index in [4.69, 9.17) is 11.6 Å². The van der Waals surface area contributed by atoms with Crippen LogP contribution < -0.4 is 10.6 Å². The monoisotopic (exact) mass is 427 g/mol. The molecular weight excluding hydrogens is 414 g/mol. The maximum Gasteiger partial charge on any atom is 0.314 e. The van der Waals surface area contributed by atoms with E-state index in [1.54, 1.807) is 12.1 Å². The van der Waals surface area contributed by atoms with Gasteiger partial charge in [-0.05, 0) is 30.3 Å². The van der Waals surface area contributed by atoms with Crippen LogP contribution in [0.5, 0.6) is 0 Å². The highest BCUT2D eigenvalue weighted by Gasteiger charge is 2.19. The Bertz CT molecular complexity index is 1080. The largest absolute Gasteiger partial charge is 0.317 e. The number of nitro benzene ring substituents is 1. The molecular formula is C20H14ClN3O4S. The molecule has 146 valence electrons. The van der Waals surface area contributed by atoms with Crippen molar-refractivity contribution in [3.05, 3.63) is 87.9 Å². The molecule has 0 aliphatic rings. The van der Waals surface area contributed by atoms with Crippen molar-refractivity contribution >= 4 is 52.2 Å². The molecule has 9 heteroatoms. The van der Waals surface area contributed by atoms with E-state index in [0.717, 1.165) is 15.9 Å². The van der Waals surface area contributed by atoms with E-state index >= 15 is 0 Å². The quantitative estimate of drug-likeness (QED) is 0.340. The molecule has 0 unspecified atom stereocenters. The van der Waals surface area contributed by atoms with Crippen molar-refractivity contribution in [1.29, 1.82) is 0 Å². The Kier molecular flexibility index (Phi) is 6.48. The van der Waals surface area contributed by atoms with Crippen molar-refractivity contribution in [3.63, 3.8) is 0 Å². The van der Waals surface area contributed by atoms with E-state index in [0.29, 0.717) is 5.69 Å². The second kappa shape index (κ2) is 9.22. The molecule has 29 heavy (non-hydrogen) atoms. The number of rotatable bonds is 5. The zero-order chi connectivity index (χ0) is 20.8. The molecule has 7 nitrogen and oxygen atoms in total. The molecule has 0 heterocycles. The number of anilines is 2. The molecule has 0 fully saturated rings. The number of nitrogens with one attached hydrogen (secondary N) is 2. The number of nitro groups is 1. The van der Waals surface area contributed by atoms with E-state index in [2.05, 4.69) is 10.6 Å². The molecule has 0 aliphatic carbocycles. The molecule has 0 aliphatic heterocycles. The van der Waals surface area contributed by atoms with Gasteiger partial charge in [-0.2, -0.15) is 0 Å². The summed E-state index contributed by atoms with van der Waals surface area (Å²) >= 11 is 7.39. The van der Waals surface area contributed by atoms with Crippen molar-refractivity contribution in [2.45, 2.75) is 9.79 Å². The maximum atomic E-state index is 12.3. The number of nitrogens with zero attached hydrogens (tertiary/aromatic N) is 1. The SMILES string of the molecule is O=C(Nc1cc([N+](=O)[O-])ccc1Cl)C(=O)Nc1ccccc1Sc1ccccc1. The number of para-hydroxylation sites is 1. The number of amides is 2. The van der Waals surface area contributed by atoms with Gasteiger partial charge < -0.3 is 10.6 Å². The highest BCUT2D eigenvalue weighted by Crippen LogP contribution is 2.33. The number of carbonyl (C=O) groups is 2. The summed E-state index contributed by atoms with van der Waals surface area (Å²) in [6.07, 6.45) is 0. The minimum atomic E-state index is -0.994. The molecule has 2 N–H and O–H groups in total. The van der Waals surface area contributed by atoms with Gasteiger partial charge in [0.05, 0.1) is 21.3 Å². The van der Waals surface area contributed by atoms with Crippen molar-refractivity contribution in [1.82, 2.24) is 0 Å². The lowest BCUT2D eigenvalue weighted by molar-refractivity contribution is -0.384. The van der Waals surface area contributed by atoms with Crippen molar-refractivity contribution in [2.75, 3.05) is 10.6 Å². The Hall–Kier alpha value is -3.36. The van der Waals surface area contributed by atoms with Crippen molar-refractivity contribution in [3.8, 4) is 0 Å². The summed E-state index contributed by atoms with van der Waals surface area (Å²) in [5.41, 5.74) is 0.189. The first-order chi connectivity index (χ1) is 13.9. The van der Waals surface area contributed by atoms with Crippen LogP contribution in [0.15, 0.2) is 82.6 Å².